The lowest BCUT2D eigenvalue weighted by atomic mass is 10.0. The number of aryl methyl sites for hydroxylation is 2. The van der Waals surface area contributed by atoms with E-state index in [9.17, 15) is 0 Å². The maximum absolute atomic E-state index is 5.83. The number of thiocarbonyl (C=S) groups is 1. The van der Waals surface area contributed by atoms with Crippen molar-refractivity contribution in [1.82, 2.24) is 24.8 Å². The lowest BCUT2D eigenvalue weighted by molar-refractivity contribution is 0.302. The Morgan fingerprint density at radius 2 is 1.78 bits per heavy atom. The Balaban J connectivity index is 1.61. The highest BCUT2D eigenvalue weighted by Crippen LogP contribution is 2.40. The first kappa shape index (κ1) is 20.4. The molecule has 4 heterocycles. The van der Waals surface area contributed by atoms with Gasteiger partial charge in [0.25, 0.3) is 0 Å². The minimum atomic E-state index is -0.0502. The summed E-state index contributed by atoms with van der Waals surface area (Å²) in [6.45, 7) is 4.99. The van der Waals surface area contributed by atoms with Gasteiger partial charge >= 0.3 is 0 Å². The summed E-state index contributed by atoms with van der Waals surface area (Å²) in [5.41, 5.74) is 7.03. The first-order chi connectivity index (χ1) is 15.6. The van der Waals surface area contributed by atoms with Gasteiger partial charge in [0.1, 0.15) is 0 Å². The van der Waals surface area contributed by atoms with Gasteiger partial charge in [0.05, 0.1) is 17.8 Å². The smallest absolute Gasteiger partial charge is 0.170 e. The largest absolute Gasteiger partial charge is 0.352 e. The molecule has 0 saturated carbocycles. The van der Waals surface area contributed by atoms with Crippen molar-refractivity contribution < 1.29 is 0 Å². The second kappa shape index (κ2) is 8.55. The fraction of sp³-hybridized carbons (Fsp3) is 0.192. The Hall–Kier alpha value is -3.51. The first-order valence-electron chi connectivity index (χ1n) is 10.7. The summed E-state index contributed by atoms with van der Waals surface area (Å²) in [5.74, 6) is 0. The minimum Gasteiger partial charge on any atom is -0.352 e. The number of hydrogen-bond acceptors (Lipinski definition) is 3. The van der Waals surface area contributed by atoms with Crippen molar-refractivity contribution in [2.45, 2.75) is 32.5 Å². The molecule has 1 aliphatic rings. The van der Waals surface area contributed by atoms with Gasteiger partial charge in [-0.15, -0.1) is 0 Å². The molecule has 5 rings (SSSR count). The second-order valence-electron chi connectivity index (χ2n) is 8.18. The van der Waals surface area contributed by atoms with Gasteiger partial charge in [0.15, 0.2) is 5.11 Å². The molecular formula is C26H25N5S. The fourth-order valence-corrected chi connectivity index (χ4v) is 4.63. The molecule has 0 spiro atoms. The predicted octanol–water partition coefficient (Wildman–Crippen LogP) is 5.06. The van der Waals surface area contributed by atoms with Crippen molar-refractivity contribution in [3.63, 3.8) is 0 Å². The topological polar surface area (TPSA) is 46.0 Å². The van der Waals surface area contributed by atoms with Gasteiger partial charge in [0.2, 0.25) is 0 Å². The minimum absolute atomic E-state index is 0.0119. The molecule has 6 heteroatoms. The van der Waals surface area contributed by atoms with Gasteiger partial charge in [-0.2, -0.15) is 0 Å². The molecule has 2 atom stereocenters. The van der Waals surface area contributed by atoms with Crippen LogP contribution in [-0.4, -0.2) is 24.5 Å². The van der Waals surface area contributed by atoms with E-state index in [0.29, 0.717) is 6.54 Å². The van der Waals surface area contributed by atoms with E-state index in [1.165, 1.54) is 22.4 Å². The van der Waals surface area contributed by atoms with Crippen LogP contribution in [0.15, 0.2) is 85.5 Å². The van der Waals surface area contributed by atoms with Crippen molar-refractivity contribution in [3.8, 4) is 5.69 Å². The van der Waals surface area contributed by atoms with Crippen molar-refractivity contribution in [2.75, 3.05) is 0 Å². The Labute approximate surface area is 193 Å². The zero-order chi connectivity index (χ0) is 22.1. The SMILES string of the molecule is Cc1ccc(-n2cccc2[C@H]2[C@H](c3ccccn3)NC(=S)N2Cc2ccncc2)cc1C. The molecule has 0 unspecified atom stereocenters. The predicted molar refractivity (Wildman–Crippen MR) is 130 cm³/mol. The van der Waals surface area contributed by atoms with Gasteiger partial charge in [0, 0.05) is 42.7 Å². The Bertz CT molecular complexity index is 1240. The van der Waals surface area contributed by atoms with Gasteiger partial charge in [-0.05, 0) is 91.3 Å². The molecule has 1 aliphatic heterocycles. The highest BCUT2D eigenvalue weighted by molar-refractivity contribution is 7.80. The Morgan fingerprint density at radius 3 is 2.53 bits per heavy atom. The molecular weight excluding hydrogens is 414 g/mol. The van der Waals surface area contributed by atoms with Crippen LogP contribution in [-0.2, 0) is 6.54 Å². The Morgan fingerprint density at radius 1 is 0.938 bits per heavy atom. The fourth-order valence-electron chi connectivity index (χ4n) is 4.33. The standard InChI is InChI=1S/C26H25N5S/c1-18-8-9-21(16-19(18)2)30-15-5-7-23(30)25-24(22-6-3-4-12-28-22)29-26(32)31(25)17-20-10-13-27-14-11-20/h3-16,24-25H,17H2,1-2H3,(H,29,32)/t24-,25-/m0/s1. The van der Waals surface area contributed by atoms with Crippen LogP contribution < -0.4 is 5.32 Å². The van der Waals surface area contributed by atoms with Crippen molar-refractivity contribution in [1.29, 1.82) is 0 Å². The number of rotatable bonds is 5. The molecule has 32 heavy (non-hydrogen) atoms. The maximum Gasteiger partial charge on any atom is 0.170 e. The maximum atomic E-state index is 5.83. The van der Waals surface area contributed by atoms with Crippen LogP contribution in [0.3, 0.4) is 0 Å². The van der Waals surface area contributed by atoms with Crippen LogP contribution in [0, 0.1) is 13.8 Å². The number of pyridine rings is 2. The Kier molecular flexibility index (Phi) is 5.45. The van der Waals surface area contributed by atoms with Crippen molar-refractivity contribution in [2.24, 2.45) is 0 Å². The van der Waals surface area contributed by atoms with Gasteiger partial charge < -0.3 is 14.8 Å². The monoisotopic (exact) mass is 439 g/mol. The van der Waals surface area contributed by atoms with E-state index in [4.69, 9.17) is 12.2 Å². The molecule has 1 N–H and O–H groups in total. The van der Waals surface area contributed by atoms with E-state index in [0.717, 1.165) is 16.5 Å². The molecule has 0 radical (unpaired) electrons. The van der Waals surface area contributed by atoms with E-state index >= 15 is 0 Å². The number of hydrogen-bond donors (Lipinski definition) is 1. The van der Waals surface area contributed by atoms with Crippen LogP contribution in [0.5, 0.6) is 0 Å². The van der Waals surface area contributed by atoms with Crippen molar-refractivity contribution >= 4 is 17.3 Å². The lowest BCUT2D eigenvalue weighted by Crippen LogP contribution is -2.30. The average molecular weight is 440 g/mol. The van der Waals surface area contributed by atoms with Crippen LogP contribution in [0.1, 0.15) is 40.2 Å². The van der Waals surface area contributed by atoms with Crippen LogP contribution in [0.25, 0.3) is 5.69 Å². The highest BCUT2D eigenvalue weighted by Gasteiger charge is 2.41. The first-order valence-corrected chi connectivity index (χ1v) is 11.1. The number of nitrogens with one attached hydrogen (secondary N) is 1. The third kappa shape index (κ3) is 3.78. The van der Waals surface area contributed by atoms with E-state index in [2.05, 4.69) is 81.2 Å². The summed E-state index contributed by atoms with van der Waals surface area (Å²) in [4.78, 5) is 11.1. The molecule has 1 aromatic carbocycles. The zero-order valence-electron chi connectivity index (χ0n) is 18.1. The summed E-state index contributed by atoms with van der Waals surface area (Å²) in [7, 11) is 0. The molecule has 1 fully saturated rings. The molecule has 5 nitrogen and oxygen atoms in total. The van der Waals surface area contributed by atoms with E-state index in [1.807, 2.05) is 42.9 Å². The number of benzene rings is 1. The molecule has 0 bridgehead atoms. The van der Waals surface area contributed by atoms with Gasteiger partial charge in [-0.3, -0.25) is 9.97 Å². The lowest BCUT2D eigenvalue weighted by Gasteiger charge is -2.29. The van der Waals surface area contributed by atoms with Crippen molar-refractivity contribution in [3.05, 3.63) is 114 Å². The summed E-state index contributed by atoms with van der Waals surface area (Å²) < 4.78 is 2.27. The van der Waals surface area contributed by atoms with E-state index in [1.54, 1.807) is 0 Å². The quantitative estimate of drug-likeness (QED) is 0.441. The molecule has 0 aliphatic carbocycles. The molecule has 0 amide bonds. The number of aromatic nitrogens is 3. The third-order valence-corrected chi connectivity index (χ3v) is 6.50. The second-order valence-corrected chi connectivity index (χ2v) is 8.57. The van der Waals surface area contributed by atoms with Gasteiger partial charge in [-0.25, -0.2) is 0 Å². The van der Waals surface area contributed by atoms with Crippen LogP contribution in [0.2, 0.25) is 0 Å². The highest BCUT2D eigenvalue weighted by atomic mass is 32.1. The summed E-state index contributed by atoms with van der Waals surface area (Å²) in [6.07, 6.45) is 7.61. The molecule has 160 valence electrons. The van der Waals surface area contributed by atoms with E-state index in [-0.39, 0.29) is 12.1 Å². The third-order valence-electron chi connectivity index (χ3n) is 6.15. The number of nitrogens with zero attached hydrogens (tertiary/aromatic N) is 4. The van der Waals surface area contributed by atoms with Gasteiger partial charge in [-0.1, -0.05) is 12.1 Å². The normalized spacial score (nSPS) is 18.1. The zero-order valence-corrected chi connectivity index (χ0v) is 19.0. The molecule has 4 aromatic rings. The summed E-state index contributed by atoms with van der Waals surface area (Å²) in [6, 6.07) is 20.9. The summed E-state index contributed by atoms with van der Waals surface area (Å²) in [5, 5.41) is 4.28. The average Bonchev–Trinajstić information content (AvgIpc) is 3.42. The molecule has 3 aromatic heterocycles. The van der Waals surface area contributed by atoms with Crippen LogP contribution in [0.4, 0.5) is 0 Å². The van der Waals surface area contributed by atoms with Crippen LogP contribution >= 0.6 is 12.2 Å². The van der Waals surface area contributed by atoms with E-state index < -0.39 is 0 Å². The summed E-state index contributed by atoms with van der Waals surface area (Å²) >= 11 is 5.83. The molecule has 1 saturated heterocycles.